The third kappa shape index (κ3) is 4.91. The Labute approximate surface area is 164 Å². The molecular formula is C18H16N6O5. The van der Waals surface area contributed by atoms with Crippen molar-refractivity contribution in [3.8, 4) is 17.0 Å². The van der Waals surface area contributed by atoms with Crippen molar-refractivity contribution in [1.82, 2.24) is 15.0 Å². The highest BCUT2D eigenvalue weighted by molar-refractivity contribution is 5.74. The number of rotatable bonds is 8. The van der Waals surface area contributed by atoms with Crippen molar-refractivity contribution in [3.63, 3.8) is 0 Å². The Kier molecular flexibility index (Phi) is 5.78. The summed E-state index contributed by atoms with van der Waals surface area (Å²) in [6.07, 6.45) is 3.17. The Balaban J connectivity index is 2.01. The predicted molar refractivity (Wildman–Crippen MR) is 104 cm³/mol. The Hall–Kier alpha value is -4.28. The van der Waals surface area contributed by atoms with Crippen LogP contribution in [0.25, 0.3) is 11.3 Å². The lowest BCUT2D eigenvalue weighted by Crippen LogP contribution is -2.15. The monoisotopic (exact) mass is 396 g/mol. The van der Waals surface area contributed by atoms with Gasteiger partial charge in [-0.15, -0.1) is 0 Å². The van der Waals surface area contributed by atoms with Gasteiger partial charge in [-0.1, -0.05) is 0 Å². The fraction of sp³-hybridized carbons (Fsp3) is 0.111. The van der Waals surface area contributed by atoms with E-state index in [9.17, 15) is 14.9 Å². The van der Waals surface area contributed by atoms with E-state index in [1.165, 1.54) is 19.2 Å². The average molecular weight is 396 g/mol. The topological polar surface area (TPSA) is 152 Å². The molecule has 29 heavy (non-hydrogen) atoms. The van der Waals surface area contributed by atoms with E-state index in [0.29, 0.717) is 17.0 Å². The van der Waals surface area contributed by atoms with Gasteiger partial charge in [0.15, 0.2) is 0 Å². The second-order valence-electron chi connectivity index (χ2n) is 5.71. The second-order valence-corrected chi connectivity index (χ2v) is 5.71. The number of nitro groups is 1. The summed E-state index contributed by atoms with van der Waals surface area (Å²) in [4.78, 5) is 34.2. The van der Waals surface area contributed by atoms with Crippen molar-refractivity contribution >= 4 is 29.1 Å². The molecule has 0 spiro atoms. The van der Waals surface area contributed by atoms with Crippen molar-refractivity contribution in [1.29, 1.82) is 0 Å². The number of methoxy groups -OCH3 is 1. The van der Waals surface area contributed by atoms with Crippen molar-refractivity contribution in [3.05, 3.63) is 58.9 Å². The standard InChI is InChI=1S/C18H16N6O5/c1-29-12-2-3-13(15(8-12)24(27)28)21-16-9-14(11-4-6-19-7-5-11)22-18(23-16)20-10-17(25)26/h2-9H,10H2,1H3,(H,25,26)(H2,20,21,22,23). The van der Waals surface area contributed by atoms with Crippen LogP contribution in [0.3, 0.4) is 0 Å². The van der Waals surface area contributed by atoms with Gasteiger partial charge in [0, 0.05) is 24.0 Å². The van der Waals surface area contributed by atoms with Crippen LogP contribution in [-0.2, 0) is 4.79 Å². The van der Waals surface area contributed by atoms with E-state index in [1.54, 1.807) is 36.7 Å². The molecule has 3 rings (SSSR count). The molecule has 0 saturated heterocycles. The number of aromatic nitrogens is 3. The SMILES string of the molecule is COc1ccc(Nc2cc(-c3ccncc3)nc(NCC(=O)O)n2)c([N+](=O)[O-])c1. The van der Waals surface area contributed by atoms with Crippen molar-refractivity contribution in [2.45, 2.75) is 0 Å². The van der Waals surface area contributed by atoms with Gasteiger partial charge in [-0.2, -0.15) is 4.98 Å². The summed E-state index contributed by atoms with van der Waals surface area (Å²) in [6, 6.07) is 9.40. The Morgan fingerprint density at radius 2 is 1.97 bits per heavy atom. The molecule has 0 amide bonds. The van der Waals surface area contributed by atoms with Gasteiger partial charge in [-0.05, 0) is 24.3 Å². The lowest BCUT2D eigenvalue weighted by Gasteiger charge is -2.11. The first-order chi connectivity index (χ1) is 14.0. The molecule has 3 N–H and O–H groups in total. The van der Waals surface area contributed by atoms with Gasteiger partial charge in [-0.25, -0.2) is 4.98 Å². The van der Waals surface area contributed by atoms with E-state index < -0.39 is 10.9 Å². The molecule has 3 aromatic rings. The Morgan fingerprint density at radius 3 is 2.62 bits per heavy atom. The number of hydrogen-bond donors (Lipinski definition) is 3. The third-order valence-corrected chi connectivity index (χ3v) is 3.76. The summed E-state index contributed by atoms with van der Waals surface area (Å²) in [5.41, 5.74) is 1.19. The molecule has 0 saturated carbocycles. The van der Waals surface area contributed by atoms with E-state index in [2.05, 4.69) is 25.6 Å². The molecule has 2 aromatic heterocycles. The van der Waals surface area contributed by atoms with Gasteiger partial charge in [0.1, 0.15) is 23.8 Å². The largest absolute Gasteiger partial charge is 0.496 e. The third-order valence-electron chi connectivity index (χ3n) is 3.76. The number of ether oxygens (including phenoxy) is 1. The van der Waals surface area contributed by atoms with Crippen molar-refractivity contribution < 1.29 is 19.6 Å². The van der Waals surface area contributed by atoms with Crippen LogP contribution in [0.2, 0.25) is 0 Å². The molecular weight excluding hydrogens is 380 g/mol. The predicted octanol–water partition coefficient (Wildman–Crippen LogP) is 2.70. The van der Waals surface area contributed by atoms with Crippen LogP contribution in [-0.4, -0.2) is 44.6 Å². The Morgan fingerprint density at radius 1 is 1.21 bits per heavy atom. The first-order valence-corrected chi connectivity index (χ1v) is 8.31. The maximum absolute atomic E-state index is 11.4. The molecule has 0 fully saturated rings. The zero-order chi connectivity index (χ0) is 20.8. The summed E-state index contributed by atoms with van der Waals surface area (Å²) < 4.78 is 5.03. The average Bonchev–Trinajstić information content (AvgIpc) is 2.73. The van der Waals surface area contributed by atoms with E-state index in [1.807, 2.05) is 0 Å². The summed E-state index contributed by atoms with van der Waals surface area (Å²) >= 11 is 0. The maximum atomic E-state index is 11.4. The molecule has 0 aliphatic heterocycles. The molecule has 1 aromatic carbocycles. The van der Waals surface area contributed by atoms with Crippen LogP contribution in [0.15, 0.2) is 48.8 Å². The lowest BCUT2D eigenvalue weighted by molar-refractivity contribution is -0.384. The molecule has 2 heterocycles. The fourth-order valence-electron chi connectivity index (χ4n) is 2.45. The molecule has 0 aliphatic carbocycles. The highest BCUT2D eigenvalue weighted by Gasteiger charge is 2.17. The van der Waals surface area contributed by atoms with E-state index >= 15 is 0 Å². The van der Waals surface area contributed by atoms with Crippen LogP contribution >= 0.6 is 0 Å². The molecule has 0 radical (unpaired) electrons. The minimum absolute atomic E-state index is 0.0559. The molecule has 148 valence electrons. The number of carboxylic acid groups (broad SMARTS) is 1. The number of nitro benzene ring substituents is 1. The van der Waals surface area contributed by atoms with Crippen LogP contribution in [0, 0.1) is 10.1 Å². The number of nitrogens with one attached hydrogen (secondary N) is 2. The highest BCUT2D eigenvalue weighted by atomic mass is 16.6. The molecule has 0 unspecified atom stereocenters. The normalized spacial score (nSPS) is 10.2. The molecule has 11 heteroatoms. The number of carbonyl (C=O) groups is 1. The number of hydrogen-bond acceptors (Lipinski definition) is 9. The minimum atomic E-state index is -1.08. The van der Waals surface area contributed by atoms with Gasteiger partial charge in [0.25, 0.3) is 5.69 Å². The van der Waals surface area contributed by atoms with E-state index in [0.717, 1.165) is 0 Å². The zero-order valence-corrected chi connectivity index (χ0v) is 15.2. The van der Waals surface area contributed by atoms with Gasteiger partial charge in [0.05, 0.1) is 23.8 Å². The molecule has 0 atom stereocenters. The first-order valence-electron chi connectivity index (χ1n) is 8.31. The number of anilines is 3. The fourth-order valence-corrected chi connectivity index (χ4v) is 2.45. The van der Waals surface area contributed by atoms with Crippen LogP contribution in [0.5, 0.6) is 5.75 Å². The Bertz CT molecular complexity index is 1040. The van der Waals surface area contributed by atoms with Gasteiger partial charge >= 0.3 is 5.97 Å². The number of nitrogens with zero attached hydrogens (tertiary/aromatic N) is 4. The maximum Gasteiger partial charge on any atom is 0.322 e. The van der Waals surface area contributed by atoms with E-state index in [-0.39, 0.29) is 29.7 Å². The number of carboxylic acids is 1. The molecule has 0 aliphatic rings. The second kappa shape index (κ2) is 8.61. The quantitative estimate of drug-likeness (QED) is 0.382. The van der Waals surface area contributed by atoms with Crippen LogP contribution < -0.4 is 15.4 Å². The molecule has 0 bridgehead atoms. The van der Waals surface area contributed by atoms with Crippen molar-refractivity contribution in [2.75, 3.05) is 24.3 Å². The van der Waals surface area contributed by atoms with Crippen LogP contribution in [0.4, 0.5) is 23.1 Å². The number of pyridine rings is 1. The highest BCUT2D eigenvalue weighted by Crippen LogP contribution is 2.32. The summed E-state index contributed by atoms with van der Waals surface area (Å²) in [6.45, 7) is -0.387. The molecule has 11 nitrogen and oxygen atoms in total. The van der Waals surface area contributed by atoms with Crippen LogP contribution in [0.1, 0.15) is 0 Å². The van der Waals surface area contributed by atoms with Crippen molar-refractivity contribution in [2.24, 2.45) is 0 Å². The summed E-state index contributed by atoms with van der Waals surface area (Å²) in [7, 11) is 1.41. The lowest BCUT2D eigenvalue weighted by atomic mass is 10.2. The van der Waals surface area contributed by atoms with Gasteiger partial charge in [0.2, 0.25) is 5.95 Å². The summed E-state index contributed by atoms with van der Waals surface area (Å²) in [5, 5.41) is 25.8. The number of benzene rings is 1. The van der Waals surface area contributed by atoms with E-state index in [4.69, 9.17) is 9.84 Å². The van der Waals surface area contributed by atoms with Gasteiger partial charge in [-0.3, -0.25) is 19.9 Å². The number of aliphatic carboxylic acids is 1. The summed E-state index contributed by atoms with van der Waals surface area (Å²) in [5.74, 6) is -0.442. The first kappa shape index (κ1) is 19.5. The van der Waals surface area contributed by atoms with Gasteiger partial charge < -0.3 is 20.5 Å². The minimum Gasteiger partial charge on any atom is -0.496 e. The zero-order valence-electron chi connectivity index (χ0n) is 15.2. The smallest absolute Gasteiger partial charge is 0.322 e.